The predicted octanol–water partition coefficient (Wildman–Crippen LogP) is 0.382. The van der Waals surface area contributed by atoms with Crippen LogP contribution in [0.25, 0.3) is 0 Å². The van der Waals surface area contributed by atoms with Crippen molar-refractivity contribution in [3.05, 3.63) is 0 Å². The molecular formula is C14H26N2O4S. The molecule has 0 aromatic heterocycles. The zero-order valence-electron chi connectivity index (χ0n) is 13.0. The van der Waals surface area contributed by atoms with Crippen LogP contribution in [0.15, 0.2) is 0 Å². The number of aldehydes is 1. The summed E-state index contributed by atoms with van der Waals surface area (Å²) in [6.07, 6.45) is 0.805. The number of hydrogen-bond donors (Lipinski definition) is 2. The molecule has 0 aromatic carbocycles. The first-order chi connectivity index (χ1) is 9.88. The first-order valence-electron chi connectivity index (χ1n) is 7.05. The molecule has 21 heavy (non-hydrogen) atoms. The third-order valence-corrected chi connectivity index (χ3v) is 3.96. The Morgan fingerprint density at radius 1 is 1.38 bits per heavy atom. The first kappa shape index (κ1) is 20.1. The van der Waals surface area contributed by atoms with Gasteiger partial charge in [0.25, 0.3) is 0 Å². The highest BCUT2D eigenvalue weighted by atomic mass is 32.2. The van der Waals surface area contributed by atoms with Gasteiger partial charge in [-0.3, -0.25) is 9.59 Å². The van der Waals surface area contributed by atoms with Crippen molar-refractivity contribution in [3.63, 3.8) is 0 Å². The molecule has 0 rings (SSSR count). The molecule has 6 nitrogen and oxygen atoms in total. The topological polar surface area (TPSA) is 98.5 Å². The number of Topliss-reactive ketones (excluding diaryl/α,β-unsaturated/α-hetero) is 1. The van der Waals surface area contributed by atoms with Gasteiger partial charge in [-0.1, -0.05) is 13.8 Å². The summed E-state index contributed by atoms with van der Waals surface area (Å²) in [5, 5.41) is 2.21. The number of carbonyl (C=O) groups is 3. The van der Waals surface area contributed by atoms with Gasteiger partial charge in [0.15, 0.2) is 0 Å². The highest BCUT2D eigenvalue weighted by Crippen LogP contribution is 2.15. The van der Waals surface area contributed by atoms with Crippen LogP contribution in [0, 0.1) is 5.92 Å². The molecule has 0 fully saturated rings. The number of amides is 1. The Bertz CT molecular complexity index is 337. The Labute approximate surface area is 130 Å². The van der Waals surface area contributed by atoms with E-state index in [0.717, 1.165) is 0 Å². The van der Waals surface area contributed by atoms with E-state index in [1.807, 2.05) is 13.8 Å². The minimum absolute atomic E-state index is 0.105. The number of nitrogens with two attached hydrogens (primary N) is 1. The summed E-state index contributed by atoms with van der Waals surface area (Å²) in [5.41, 5.74) is 5.62. The fourth-order valence-electron chi connectivity index (χ4n) is 1.35. The van der Waals surface area contributed by atoms with E-state index >= 15 is 0 Å². The number of carbonyl (C=O) groups excluding carboxylic acids is 3. The molecule has 0 heterocycles. The van der Waals surface area contributed by atoms with Crippen LogP contribution in [0.5, 0.6) is 0 Å². The van der Waals surface area contributed by atoms with E-state index in [1.54, 1.807) is 0 Å². The number of nitrogens with one attached hydrogen (secondary N) is 1. The molecule has 0 spiro atoms. The smallest absolute Gasteiger partial charge is 0.233 e. The van der Waals surface area contributed by atoms with E-state index in [4.69, 9.17) is 10.5 Å². The fraction of sp³-hybridized carbons (Fsp3) is 0.786. The Hall–Kier alpha value is -0.920. The third kappa shape index (κ3) is 10.4. The predicted molar refractivity (Wildman–Crippen MR) is 84.3 cm³/mol. The van der Waals surface area contributed by atoms with Gasteiger partial charge in [-0.15, -0.1) is 11.8 Å². The molecule has 0 saturated carbocycles. The van der Waals surface area contributed by atoms with Crippen LogP contribution in [0.4, 0.5) is 0 Å². The summed E-state index contributed by atoms with van der Waals surface area (Å²) in [6, 6.07) is -0.605. The van der Waals surface area contributed by atoms with E-state index in [2.05, 4.69) is 5.32 Å². The van der Waals surface area contributed by atoms with Crippen molar-refractivity contribution in [3.8, 4) is 0 Å². The van der Waals surface area contributed by atoms with Gasteiger partial charge in [0.05, 0.1) is 17.9 Å². The summed E-state index contributed by atoms with van der Waals surface area (Å²) >= 11 is 1.23. The van der Waals surface area contributed by atoms with Gasteiger partial charge < -0.3 is 20.6 Å². The lowest BCUT2D eigenvalue weighted by atomic mass is 10.2. The molecule has 2 unspecified atom stereocenters. The Balaban J connectivity index is 4.05. The van der Waals surface area contributed by atoms with Crippen LogP contribution in [0.2, 0.25) is 0 Å². The number of ketones is 1. The van der Waals surface area contributed by atoms with E-state index in [1.165, 1.54) is 18.7 Å². The van der Waals surface area contributed by atoms with Crippen molar-refractivity contribution in [2.75, 3.05) is 25.5 Å². The van der Waals surface area contributed by atoms with Crippen LogP contribution in [-0.2, 0) is 19.1 Å². The Kier molecular flexibility index (Phi) is 11.2. The minimum Gasteiger partial charge on any atom is -0.379 e. The molecule has 0 aliphatic carbocycles. The van der Waals surface area contributed by atoms with Gasteiger partial charge in [-0.25, -0.2) is 0 Å². The molecule has 0 aliphatic rings. The zero-order chi connectivity index (χ0) is 16.3. The lowest BCUT2D eigenvalue weighted by molar-refractivity contribution is -0.122. The van der Waals surface area contributed by atoms with Gasteiger partial charge in [0.1, 0.15) is 12.1 Å². The summed E-state index contributed by atoms with van der Waals surface area (Å²) in [6.45, 7) is 7.00. The summed E-state index contributed by atoms with van der Waals surface area (Å²) in [5.74, 6) is 0.420. The molecule has 1 amide bonds. The Morgan fingerprint density at radius 3 is 2.57 bits per heavy atom. The normalized spacial score (nSPS) is 13.8. The third-order valence-electron chi connectivity index (χ3n) is 2.60. The van der Waals surface area contributed by atoms with Crippen molar-refractivity contribution in [1.29, 1.82) is 0 Å². The lowest BCUT2D eigenvalue weighted by Gasteiger charge is -2.16. The van der Waals surface area contributed by atoms with E-state index < -0.39 is 11.3 Å². The van der Waals surface area contributed by atoms with Crippen LogP contribution in [-0.4, -0.2) is 54.8 Å². The summed E-state index contributed by atoms with van der Waals surface area (Å²) in [4.78, 5) is 33.6. The molecule has 7 heteroatoms. The van der Waals surface area contributed by atoms with Gasteiger partial charge in [0, 0.05) is 25.3 Å². The molecule has 3 N–H and O–H groups in total. The standard InChI is InChI=1S/C14H26N2O4S/c1-10(2)8-20-7-5-16-14(19)13(4-6-17)21-9-12(15)11(3)18/h6,10,12-13H,4-5,7-9,15H2,1-3H3,(H,16,19). The molecule has 0 aliphatic heterocycles. The van der Waals surface area contributed by atoms with Crippen LogP contribution < -0.4 is 11.1 Å². The molecule has 2 atom stereocenters. The van der Waals surface area contributed by atoms with Gasteiger partial charge >= 0.3 is 0 Å². The number of thioether (sulfide) groups is 1. The SMILES string of the molecule is CC(=O)C(N)CSC(CC=O)C(=O)NCCOCC(C)C. The molecule has 0 saturated heterocycles. The second kappa shape index (κ2) is 11.7. The van der Waals surface area contributed by atoms with E-state index in [9.17, 15) is 14.4 Å². The van der Waals surface area contributed by atoms with Gasteiger partial charge in [-0.05, 0) is 12.8 Å². The van der Waals surface area contributed by atoms with E-state index in [0.29, 0.717) is 37.7 Å². The largest absolute Gasteiger partial charge is 0.379 e. The van der Waals surface area contributed by atoms with Gasteiger partial charge in [0.2, 0.25) is 5.91 Å². The summed E-state index contributed by atoms with van der Waals surface area (Å²) < 4.78 is 5.36. The molecular weight excluding hydrogens is 292 g/mol. The number of rotatable bonds is 12. The highest BCUT2D eigenvalue weighted by Gasteiger charge is 2.20. The molecule has 122 valence electrons. The van der Waals surface area contributed by atoms with E-state index in [-0.39, 0.29) is 18.1 Å². The minimum atomic E-state index is -0.605. The summed E-state index contributed by atoms with van der Waals surface area (Å²) in [7, 11) is 0. The monoisotopic (exact) mass is 318 g/mol. The van der Waals surface area contributed by atoms with Crippen LogP contribution in [0.3, 0.4) is 0 Å². The highest BCUT2D eigenvalue weighted by molar-refractivity contribution is 8.00. The van der Waals surface area contributed by atoms with Crippen LogP contribution >= 0.6 is 11.8 Å². The second-order valence-electron chi connectivity index (χ2n) is 5.20. The van der Waals surface area contributed by atoms with Crippen molar-refractivity contribution in [2.45, 2.75) is 38.5 Å². The van der Waals surface area contributed by atoms with Crippen molar-refractivity contribution >= 4 is 29.7 Å². The Morgan fingerprint density at radius 2 is 2.05 bits per heavy atom. The van der Waals surface area contributed by atoms with Gasteiger partial charge in [-0.2, -0.15) is 0 Å². The average Bonchev–Trinajstić information content (AvgIpc) is 2.41. The quantitative estimate of drug-likeness (QED) is 0.399. The molecule has 0 bridgehead atoms. The maximum Gasteiger partial charge on any atom is 0.233 e. The average molecular weight is 318 g/mol. The second-order valence-corrected chi connectivity index (χ2v) is 6.44. The molecule has 0 aromatic rings. The maximum atomic E-state index is 11.9. The molecule has 0 radical (unpaired) electrons. The first-order valence-corrected chi connectivity index (χ1v) is 8.10. The van der Waals surface area contributed by atoms with Crippen molar-refractivity contribution in [2.24, 2.45) is 11.7 Å². The maximum absolute atomic E-state index is 11.9. The fourth-order valence-corrected chi connectivity index (χ4v) is 2.48. The lowest BCUT2D eigenvalue weighted by Crippen LogP contribution is -2.37. The van der Waals surface area contributed by atoms with Crippen molar-refractivity contribution in [1.82, 2.24) is 5.32 Å². The zero-order valence-corrected chi connectivity index (χ0v) is 13.8. The number of hydrogen-bond acceptors (Lipinski definition) is 6. The van der Waals surface area contributed by atoms with Crippen LogP contribution in [0.1, 0.15) is 27.2 Å². The number of ether oxygens (including phenoxy) is 1. The van der Waals surface area contributed by atoms with Crippen molar-refractivity contribution < 1.29 is 19.1 Å².